The highest BCUT2D eigenvalue weighted by molar-refractivity contribution is 5.91. The number of hydrogen-bond acceptors (Lipinski definition) is 3. The normalized spacial score (nSPS) is 11.9. The molecule has 0 aliphatic rings. The fraction of sp³-hybridized carbons (Fsp3) is 0.333. The lowest BCUT2D eigenvalue weighted by Crippen LogP contribution is -2.06. The molecule has 5 heteroatoms. The van der Waals surface area contributed by atoms with E-state index in [-0.39, 0.29) is 23.7 Å². The Labute approximate surface area is 98.0 Å². The first-order chi connectivity index (χ1) is 8.01. The predicted molar refractivity (Wildman–Crippen MR) is 59.0 cm³/mol. The summed E-state index contributed by atoms with van der Waals surface area (Å²) in [5.41, 5.74) is 0.230. The van der Waals surface area contributed by atoms with Crippen molar-refractivity contribution in [2.24, 2.45) is 0 Å². The number of carbonyl (C=O) groups excluding carboxylic acids is 1. The molecule has 0 aliphatic heterocycles. The van der Waals surface area contributed by atoms with Gasteiger partial charge in [-0.3, -0.25) is 0 Å². The summed E-state index contributed by atoms with van der Waals surface area (Å²) in [6.45, 7) is 1.72. The highest BCUT2D eigenvalue weighted by Gasteiger charge is 2.19. The molecule has 1 unspecified atom stereocenters. The van der Waals surface area contributed by atoms with Crippen LogP contribution in [-0.4, -0.2) is 24.5 Å². The zero-order valence-electron chi connectivity index (χ0n) is 9.57. The van der Waals surface area contributed by atoms with Crippen LogP contribution in [-0.2, 0) is 4.79 Å². The Morgan fingerprint density at radius 2 is 2.24 bits per heavy atom. The van der Waals surface area contributed by atoms with Crippen LogP contribution in [0.15, 0.2) is 12.1 Å². The highest BCUT2D eigenvalue weighted by Crippen LogP contribution is 2.28. The number of halogens is 1. The Morgan fingerprint density at radius 3 is 2.71 bits per heavy atom. The molecular weight excluding hydrogens is 227 g/mol. The van der Waals surface area contributed by atoms with E-state index in [1.165, 1.54) is 19.2 Å². The van der Waals surface area contributed by atoms with E-state index in [2.05, 4.69) is 0 Å². The molecule has 0 saturated carbocycles. The molecular formula is C12H13FO4. The average Bonchev–Trinajstić information content (AvgIpc) is 2.28. The Bertz CT molecular complexity index is 442. The topological polar surface area (TPSA) is 63.6 Å². The number of hydrogen-bond donors (Lipinski definition) is 1. The van der Waals surface area contributed by atoms with Crippen molar-refractivity contribution in [1.82, 2.24) is 0 Å². The monoisotopic (exact) mass is 240 g/mol. The van der Waals surface area contributed by atoms with Crippen LogP contribution >= 0.6 is 0 Å². The molecule has 1 rings (SSSR count). The minimum absolute atomic E-state index is 0.213. The van der Waals surface area contributed by atoms with E-state index in [4.69, 9.17) is 9.84 Å². The smallest absolute Gasteiger partial charge is 0.339 e. The molecule has 0 aliphatic carbocycles. The largest absolute Gasteiger partial charge is 0.493 e. The first-order valence-corrected chi connectivity index (χ1v) is 5.05. The van der Waals surface area contributed by atoms with Crippen LogP contribution in [0.5, 0.6) is 5.75 Å². The van der Waals surface area contributed by atoms with E-state index >= 15 is 0 Å². The molecule has 1 aromatic carbocycles. The van der Waals surface area contributed by atoms with Crippen molar-refractivity contribution in [3.63, 3.8) is 0 Å². The van der Waals surface area contributed by atoms with Crippen molar-refractivity contribution in [1.29, 1.82) is 0 Å². The van der Waals surface area contributed by atoms with Gasteiger partial charge in [0.15, 0.2) is 11.6 Å². The lowest BCUT2D eigenvalue weighted by Gasteiger charge is -2.12. The van der Waals surface area contributed by atoms with Crippen LogP contribution in [0, 0.1) is 5.82 Å². The minimum atomic E-state index is -1.26. The second kappa shape index (κ2) is 5.43. The van der Waals surface area contributed by atoms with E-state index in [1.54, 1.807) is 6.92 Å². The summed E-state index contributed by atoms with van der Waals surface area (Å²) in [6.07, 6.45) is 0.929. The molecule has 92 valence electrons. The van der Waals surface area contributed by atoms with Gasteiger partial charge < -0.3 is 14.6 Å². The summed E-state index contributed by atoms with van der Waals surface area (Å²) in [5, 5.41) is 8.94. The Morgan fingerprint density at radius 1 is 1.59 bits per heavy atom. The first kappa shape index (κ1) is 13.2. The average molecular weight is 240 g/mol. The lowest BCUT2D eigenvalue weighted by atomic mass is 9.96. The van der Waals surface area contributed by atoms with E-state index < -0.39 is 11.8 Å². The van der Waals surface area contributed by atoms with Crippen molar-refractivity contribution >= 4 is 12.3 Å². The number of carboxylic acids is 1. The summed E-state index contributed by atoms with van der Waals surface area (Å²) >= 11 is 0. The van der Waals surface area contributed by atoms with Crippen molar-refractivity contribution in [2.45, 2.75) is 19.3 Å². The summed E-state index contributed by atoms with van der Waals surface area (Å²) < 4.78 is 18.3. The number of methoxy groups -OCH3 is 1. The Balaban J connectivity index is 3.28. The zero-order valence-corrected chi connectivity index (χ0v) is 9.57. The van der Waals surface area contributed by atoms with Gasteiger partial charge in [0.2, 0.25) is 0 Å². The van der Waals surface area contributed by atoms with Crippen LogP contribution in [0.3, 0.4) is 0 Å². The molecule has 0 amide bonds. The Hall–Kier alpha value is -1.91. The number of benzene rings is 1. The maximum absolute atomic E-state index is 13.6. The molecule has 0 aromatic heterocycles. The first-order valence-electron chi connectivity index (χ1n) is 5.05. The molecule has 0 saturated heterocycles. The second-order valence-electron chi connectivity index (χ2n) is 3.69. The van der Waals surface area contributed by atoms with Crippen LogP contribution in [0.1, 0.15) is 35.2 Å². The molecule has 1 aromatic rings. The molecule has 1 atom stereocenters. The molecule has 1 N–H and O–H groups in total. The van der Waals surface area contributed by atoms with Gasteiger partial charge in [-0.15, -0.1) is 0 Å². The van der Waals surface area contributed by atoms with Crippen molar-refractivity contribution < 1.29 is 23.8 Å². The van der Waals surface area contributed by atoms with Gasteiger partial charge in [0, 0.05) is 6.42 Å². The summed E-state index contributed by atoms with van der Waals surface area (Å²) in [4.78, 5) is 21.3. The number of carboxylic acid groups (broad SMARTS) is 1. The number of carbonyl (C=O) groups is 2. The Kier molecular flexibility index (Phi) is 4.20. The van der Waals surface area contributed by atoms with Gasteiger partial charge in [-0.1, -0.05) is 6.92 Å². The van der Waals surface area contributed by atoms with E-state index in [1.807, 2.05) is 0 Å². The third kappa shape index (κ3) is 2.81. The number of ether oxygens (including phenoxy) is 1. The number of aldehydes is 1. The summed E-state index contributed by atoms with van der Waals surface area (Å²) in [5.74, 6) is -2.52. The fourth-order valence-corrected chi connectivity index (χ4v) is 1.55. The van der Waals surface area contributed by atoms with Crippen LogP contribution in [0.2, 0.25) is 0 Å². The van der Waals surface area contributed by atoms with Crippen molar-refractivity contribution in [3.8, 4) is 5.75 Å². The van der Waals surface area contributed by atoms with Gasteiger partial charge >= 0.3 is 5.97 Å². The molecule has 0 fully saturated rings. The van der Waals surface area contributed by atoms with E-state index in [0.717, 1.165) is 0 Å². The van der Waals surface area contributed by atoms with Crippen LogP contribution in [0.4, 0.5) is 4.39 Å². The van der Waals surface area contributed by atoms with Crippen molar-refractivity contribution in [2.75, 3.05) is 7.11 Å². The SMILES string of the molecule is COc1c(F)cc(C(C)CC=O)cc1C(=O)O. The van der Waals surface area contributed by atoms with E-state index in [0.29, 0.717) is 11.8 Å². The van der Waals surface area contributed by atoms with Crippen LogP contribution < -0.4 is 4.74 Å². The van der Waals surface area contributed by atoms with Gasteiger partial charge in [-0.05, 0) is 23.6 Å². The molecule has 0 bridgehead atoms. The summed E-state index contributed by atoms with van der Waals surface area (Å²) in [7, 11) is 1.21. The van der Waals surface area contributed by atoms with E-state index in [9.17, 15) is 14.0 Å². The predicted octanol–water partition coefficient (Wildman–Crippen LogP) is 2.22. The molecule has 0 heterocycles. The maximum atomic E-state index is 13.6. The fourth-order valence-electron chi connectivity index (χ4n) is 1.55. The summed E-state index contributed by atoms with van der Waals surface area (Å²) in [6, 6.07) is 2.53. The third-order valence-electron chi connectivity index (χ3n) is 2.52. The quantitative estimate of drug-likeness (QED) is 0.801. The van der Waals surface area contributed by atoms with Crippen LogP contribution in [0.25, 0.3) is 0 Å². The number of rotatable bonds is 5. The maximum Gasteiger partial charge on any atom is 0.339 e. The standard InChI is InChI=1S/C12H13FO4/c1-7(3-4-14)8-5-9(12(15)16)11(17-2)10(13)6-8/h4-7H,3H2,1-2H3,(H,15,16). The molecule has 17 heavy (non-hydrogen) atoms. The molecule has 0 radical (unpaired) electrons. The zero-order chi connectivity index (χ0) is 13.0. The van der Waals surface area contributed by atoms with Crippen molar-refractivity contribution in [3.05, 3.63) is 29.1 Å². The van der Waals surface area contributed by atoms with Gasteiger partial charge in [-0.2, -0.15) is 0 Å². The third-order valence-corrected chi connectivity index (χ3v) is 2.52. The second-order valence-corrected chi connectivity index (χ2v) is 3.69. The van der Waals surface area contributed by atoms with Gasteiger partial charge in [0.1, 0.15) is 11.8 Å². The molecule has 0 spiro atoms. The lowest BCUT2D eigenvalue weighted by molar-refractivity contribution is -0.108. The highest BCUT2D eigenvalue weighted by atomic mass is 19.1. The van der Waals surface area contributed by atoms with Gasteiger partial charge in [0.05, 0.1) is 7.11 Å². The molecule has 4 nitrogen and oxygen atoms in total. The number of aromatic carboxylic acids is 1. The van der Waals surface area contributed by atoms with Gasteiger partial charge in [-0.25, -0.2) is 9.18 Å². The van der Waals surface area contributed by atoms with Gasteiger partial charge in [0.25, 0.3) is 0 Å². The minimum Gasteiger partial charge on any atom is -0.493 e.